The van der Waals surface area contributed by atoms with Crippen molar-refractivity contribution in [2.24, 2.45) is 0 Å². The molecule has 0 fully saturated rings. The number of nitrogens with one attached hydrogen (secondary N) is 1. The number of hydrogen-bond acceptors (Lipinski definition) is 5. The number of phenolic OH excluding ortho intramolecular Hbond substituents is 1. The molecule has 0 radical (unpaired) electrons. The fourth-order valence-electron chi connectivity index (χ4n) is 1.63. The summed E-state index contributed by atoms with van der Waals surface area (Å²) < 4.78 is 4.65. The SMILES string of the molecule is O=C(N[C@@H](Cc1ccc(O)cc1)C(=O)O)c1ccno1. The lowest BCUT2D eigenvalue weighted by Gasteiger charge is -2.13. The minimum atomic E-state index is -1.16. The molecule has 0 spiro atoms. The molecule has 0 aliphatic carbocycles. The van der Waals surface area contributed by atoms with Gasteiger partial charge in [0, 0.05) is 12.5 Å². The number of aromatic hydroxyl groups is 1. The Kier molecular flexibility index (Phi) is 3.99. The minimum absolute atomic E-state index is 0.0537. The van der Waals surface area contributed by atoms with Crippen LogP contribution in [0.3, 0.4) is 0 Å². The summed E-state index contributed by atoms with van der Waals surface area (Å²) in [5.41, 5.74) is 0.674. The van der Waals surface area contributed by atoms with Gasteiger partial charge in [-0.3, -0.25) is 4.79 Å². The van der Waals surface area contributed by atoms with Crippen molar-refractivity contribution in [3.05, 3.63) is 47.9 Å². The number of rotatable bonds is 5. The van der Waals surface area contributed by atoms with E-state index in [2.05, 4.69) is 15.0 Å². The van der Waals surface area contributed by atoms with Gasteiger partial charge in [-0.2, -0.15) is 0 Å². The molecule has 0 saturated heterocycles. The molecule has 2 aromatic rings. The van der Waals surface area contributed by atoms with Gasteiger partial charge in [0.1, 0.15) is 11.8 Å². The van der Waals surface area contributed by atoms with Crippen molar-refractivity contribution in [3.63, 3.8) is 0 Å². The first-order valence-corrected chi connectivity index (χ1v) is 5.78. The monoisotopic (exact) mass is 276 g/mol. The molecule has 104 valence electrons. The fourth-order valence-corrected chi connectivity index (χ4v) is 1.63. The van der Waals surface area contributed by atoms with Gasteiger partial charge in [0.15, 0.2) is 0 Å². The van der Waals surface area contributed by atoms with Crippen LogP contribution in [0.15, 0.2) is 41.1 Å². The van der Waals surface area contributed by atoms with Crippen molar-refractivity contribution < 1.29 is 24.3 Å². The number of benzene rings is 1. The molecule has 20 heavy (non-hydrogen) atoms. The number of phenols is 1. The highest BCUT2D eigenvalue weighted by molar-refractivity contribution is 5.94. The predicted octanol–water partition coefficient (Wildman–Crippen LogP) is 0.806. The van der Waals surface area contributed by atoms with Crippen LogP contribution in [-0.2, 0) is 11.2 Å². The Bertz CT molecular complexity index is 592. The van der Waals surface area contributed by atoms with Crippen LogP contribution >= 0.6 is 0 Å². The molecule has 1 atom stereocenters. The zero-order valence-electron chi connectivity index (χ0n) is 10.3. The van der Waals surface area contributed by atoms with Gasteiger partial charge < -0.3 is 20.1 Å². The molecular formula is C13H12N2O5. The van der Waals surface area contributed by atoms with E-state index in [0.29, 0.717) is 5.56 Å². The number of carboxylic acids is 1. The lowest BCUT2D eigenvalue weighted by atomic mass is 10.1. The van der Waals surface area contributed by atoms with Crippen LogP contribution in [0.4, 0.5) is 0 Å². The van der Waals surface area contributed by atoms with Crippen LogP contribution in [0, 0.1) is 0 Å². The largest absolute Gasteiger partial charge is 0.508 e. The summed E-state index contributed by atoms with van der Waals surface area (Å²) in [7, 11) is 0. The Morgan fingerprint density at radius 2 is 1.95 bits per heavy atom. The second-order valence-corrected chi connectivity index (χ2v) is 4.11. The fraction of sp³-hybridized carbons (Fsp3) is 0.154. The smallest absolute Gasteiger partial charge is 0.326 e. The average molecular weight is 276 g/mol. The summed E-state index contributed by atoms with van der Waals surface area (Å²) in [6, 6.07) is 6.32. The molecule has 7 nitrogen and oxygen atoms in total. The van der Waals surface area contributed by atoms with E-state index >= 15 is 0 Å². The van der Waals surface area contributed by atoms with E-state index in [4.69, 9.17) is 10.2 Å². The van der Waals surface area contributed by atoms with Crippen LogP contribution in [0.25, 0.3) is 0 Å². The van der Waals surface area contributed by atoms with Crippen molar-refractivity contribution in [1.29, 1.82) is 0 Å². The first kappa shape index (κ1) is 13.6. The number of aliphatic carboxylic acids is 1. The van der Waals surface area contributed by atoms with Crippen LogP contribution in [0.2, 0.25) is 0 Å². The van der Waals surface area contributed by atoms with Gasteiger partial charge in [-0.25, -0.2) is 4.79 Å². The van der Waals surface area contributed by atoms with Crippen molar-refractivity contribution in [1.82, 2.24) is 10.5 Å². The highest BCUT2D eigenvalue weighted by Crippen LogP contribution is 2.11. The van der Waals surface area contributed by atoms with E-state index in [9.17, 15) is 9.59 Å². The van der Waals surface area contributed by atoms with E-state index < -0.39 is 17.9 Å². The Balaban J connectivity index is 2.06. The third-order valence-electron chi connectivity index (χ3n) is 2.64. The van der Waals surface area contributed by atoms with E-state index in [1.165, 1.54) is 24.4 Å². The third kappa shape index (κ3) is 3.35. The Hall–Kier alpha value is -2.83. The quantitative estimate of drug-likeness (QED) is 0.744. The minimum Gasteiger partial charge on any atom is -0.508 e. The van der Waals surface area contributed by atoms with Crippen molar-refractivity contribution in [2.75, 3.05) is 0 Å². The van der Waals surface area contributed by atoms with Gasteiger partial charge in [-0.1, -0.05) is 17.3 Å². The number of hydrogen-bond donors (Lipinski definition) is 3. The molecular weight excluding hydrogens is 264 g/mol. The van der Waals surface area contributed by atoms with E-state index in [1.54, 1.807) is 12.1 Å². The molecule has 0 unspecified atom stereocenters. The second-order valence-electron chi connectivity index (χ2n) is 4.11. The first-order chi connectivity index (χ1) is 9.56. The first-order valence-electron chi connectivity index (χ1n) is 5.78. The second kappa shape index (κ2) is 5.87. The summed E-state index contributed by atoms with van der Waals surface area (Å²) in [5, 5.41) is 24.0. The topological polar surface area (TPSA) is 113 Å². The normalized spacial score (nSPS) is 11.8. The molecule has 1 heterocycles. The van der Waals surface area contributed by atoms with E-state index in [-0.39, 0.29) is 17.9 Å². The van der Waals surface area contributed by atoms with Gasteiger partial charge in [0.05, 0.1) is 6.20 Å². The zero-order valence-corrected chi connectivity index (χ0v) is 10.3. The van der Waals surface area contributed by atoms with Crippen LogP contribution in [0.1, 0.15) is 16.1 Å². The highest BCUT2D eigenvalue weighted by Gasteiger charge is 2.22. The van der Waals surface area contributed by atoms with Crippen molar-refractivity contribution >= 4 is 11.9 Å². The summed E-state index contributed by atoms with van der Waals surface area (Å²) in [6.45, 7) is 0. The molecule has 0 saturated carbocycles. The maximum Gasteiger partial charge on any atom is 0.326 e. The van der Waals surface area contributed by atoms with Gasteiger partial charge in [0.2, 0.25) is 5.76 Å². The number of aromatic nitrogens is 1. The van der Waals surface area contributed by atoms with Gasteiger partial charge in [-0.15, -0.1) is 0 Å². The average Bonchev–Trinajstić information content (AvgIpc) is 2.94. The van der Waals surface area contributed by atoms with Crippen LogP contribution in [0.5, 0.6) is 5.75 Å². The zero-order chi connectivity index (χ0) is 14.5. The summed E-state index contributed by atoms with van der Waals surface area (Å²) in [4.78, 5) is 22.9. The summed E-state index contributed by atoms with van der Waals surface area (Å²) in [6.07, 6.45) is 1.39. The Morgan fingerprint density at radius 3 is 2.50 bits per heavy atom. The van der Waals surface area contributed by atoms with Gasteiger partial charge in [-0.05, 0) is 17.7 Å². The van der Waals surface area contributed by atoms with Gasteiger partial charge in [0.25, 0.3) is 5.91 Å². The van der Waals surface area contributed by atoms with E-state index in [1.807, 2.05) is 0 Å². The maximum atomic E-state index is 11.7. The lowest BCUT2D eigenvalue weighted by Crippen LogP contribution is -2.42. The number of nitrogens with zero attached hydrogens (tertiary/aromatic N) is 1. The number of carbonyl (C=O) groups is 2. The standard InChI is InChI=1S/C13H12N2O5/c16-9-3-1-8(2-4-9)7-10(13(18)19)15-12(17)11-5-6-14-20-11/h1-6,10,16H,7H2,(H,15,17)(H,18,19)/t10-/m0/s1. The molecule has 0 bridgehead atoms. The third-order valence-corrected chi connectivity index (χ3v) is 2.64. The van der Waals surface area contributed by atoms with Crippen LogP contribution < -0.4 is 5.32 Å². The predicted molar refractivity (Wildman–Crippen MR) is 67.2 cm³/mol. The molecule has 1 aromatic heterocycles. The highest BCUT2D eigenvalue weighted by atomic mass is 16.5. The van der Waals surface area contributed by atoms with Crippen LogP contribution in [-0.4, -0.2) is 33.3 Å². The molecule has 0 aliphatic heterocycles. The molecule has 7 heteroatoms. The lowest BCUT2D eigenvalue weighted by molar-refractivity contribution is -0.139. The van der Waals surface area contributed by atoms with E-state index in [0.717, 1.165) is 0 Å². The Morgan fingerprint density at radius 1 is 1.25 bits per heavy atom. The summed E-state index contributed by atoms with van der Waals surface area (Å²) >= 11 is 0. The molecule has 2 rings (SSSR count). The Labute approximate surface area is 113 Å². The number of carbonyl (C=O) groups excluding carboxylic acids is 1. The molecule has 1 amide bonds. The van der Waals surface area contributed by atoms with Crippen molar-refractivity contribution in [2.45, 2.75) is 12.5 Å². The van der Waals surface area contributed by atoms with Gasteiger partial charge >= 0.3 is 5.97 Å². The number of amides is 1. The molecule has 3 N–H and O–H groups in total. The summed E-state index contributed by atoms with van der Waals surface area (Å²) in [5.74, 6) is -1.77. The molecule has 1 aromatic carbocycles. The number of carboxylic acid groups (broad SMARTS) is 1. The van der Waals surface area contributed by atoms with Crippen molar-refractivity contribution in [3.8, 4) is 5.75 Å². The molecule has 0 aliphatic rings. The maximum absolute atomic E-state index is 11.7.